The van der Waals surface area contributed by atoms with Crippen molar-refractivity contribution in [3.05, 3.63) is 520 Å². The van der Waals surface area contributed by atoms with Gasteiger partial charge < -0.3 is 14.6 Å². The van der Waals surface area contributed by atoms with Crippen molar-refractivity contribution in [2.75, 3.05) is 7.11 Å². The van der Waals surface area contributed by atoms with Crippen LogP contribution in [-0.2, 0) is 25.9 Å². The quantitative estimate of drug-likeness (QED) is 0.165. The van der Waals surface area contributed by atoms with E-state index in [2.05, 4.69) is 418 Å². The molecule has 0 heterocycles. The first kappa shape index (κ1) is 96.5. The lowest BCUT2D eigenvalue weighted by Crippen LogP contribution is -1.94. The lowest BCUT2D eigenvalue weighted by Gasteiger charge is -2.06. The van der Waals surface area contributed by atoms with Gasteiger partial charge in [-0.05, 0) is 231 Å². The van der Waals surface area contributed by atoms with Crippen LogP contribution in [0.2, 0.25) is 0 Å². The molecule has 0 amide bonds. The van der Waals surface area contributed by atoms with Gasteiger partial charge in [-0.15, -0.1) is 0 Å². The number of phenols is 1. The Hall–Kier alpha value is -13.6. The molecule has 0 bridgehead atoms. The smallest absolute Gasteiger partial charge is 0.121 e. The number of para-hydroxylation sites is 1. The topological polar surface area (TPSA) is 38.7 Å². The van der Waals surface area contributed by atoms with Crippen molar-refractivity contribution in [3.63, 3.8) is 0 Å². The first-order valence-corrected chi connectivity index (χ1v) is 42.9. The highest BCUT2D eigenvalue weighted by molar-refractivity contribution is 5.87. The lowest BCUT2D eigenvalue weighted by atomic mass is 10.0. The lowest BCUT2D eigenvalue weighted by molar-refractivity contribution is 0.306. The average molecular weight is 1620 g/mol. The first-order chi connectivity index (χ1) is 59.7. The van der Waals surface area contributed by atoms with Crippen molar-refractivity contribution in [1.82, 2.24) is 0 Å². The third-order valence-corrected chi connectivity index (χ3v) is 20.2. The number of benzene rings is 18. The van der Waals surface area contributed by atoms with Crippen LogP contribution in [0.3, 0.4) is 0 Å². The molecule has 0 aromatic heterocycles. The Morgan fingerprint density at radius 1 is 0.220 bits per heavy atom. The molecule has 0 atom stereocenters. The van der Waals surface area contributed by atoms with Crippen molar-refractivity contribution in [2.45, 2.75) is 130 Å². The maximum Gasteiger partial charge on any atom is 0.121 e. The summed E-state index contributed by atoms with van der Waals surface area (Å²) in [6.07, 6.45) is 3.30. The zero-order valence-corrected chi connectivity index (χ0v) is 75.6. The highest BCUT2D eigenvalue weighted by Crippen LogP contribution is 2.23. The number of aryl methyl sites for hydroxylation is 15. The number of rotatable bonds is 8. The van der Waals surface area contributed by atoms with E-state index >= 15 is 0 Å². The van der Waals surface area contributed by atoms with Crippen LogP contribution in [-0.4, -0.2) is 12.2 Å². The molecule has 0 fully saturated rings. The molecule has 0 aliphatic heterocycles. The third kappa shape index (κ3) is 37.3. The van der Waals surface area contributed by atoms with Gasteiger partial charge in [-0.3, -0.25) is 0 Å². The van der Waals surface area contributed by atoms with Gasteiger partial charge >= 0.3 is 0 Å². The van der Waals surface area contributed by atoms with E-state index in [1.807, 2.05) is 105 Å². The molecule has 18 aromatic rings. The van der Waals surface area contributed by atoms with Crippen LogP contribution >= 0.6 is 0 Å². The molecular formula is C120H128O3. The number of hydrogen-bond acceptors (Lipinski definition) is 3. The number of hydrogen-bond donors (Lipinski definition) is 1. The number of aromatic hydroxyl groups is 1. The monoisotopic (exact) mass is 1620 g/mol. The second-order valence-electron chi connectivity index (χ2n) is 30.5. The Morgan fingerprint density at radius 3 is 1.02 bits per heavy atom. The van der Waals surface area contributed by atoms with Crippen LogP contribution < -0.4 is 9.47 Å². The van der Waals surface area contributed by atoms with E-state index in [9.17, 15) is 0 Å². The molecule has 1 N–H and O–H groups in total. The summed E-state index contributed by atoms with van der Waals surface area (Å²) in [5, 5.41) is 19.5. The summed E-state index contributed by atoms with van der Waals surface area (Å²) in [7, 11) is 1.68. The van der Waals surface area contributed by atoms with Gasteiger partial charge in [0.1, 0.15) is 23.9 Å². The average Bonchev–Trinajstić information content (AvgIpc) is 0.853. The highest BCUT2D eigenvalue weighted by Gasteiger charge is 2.01. The molecule has 18 aromatic carbocycles. The molecule has 0 radical (unpaired) electrons. The fourth-order valence-electron chi connectivity index (χ4n) is 12.7. The van der Waals surface area contributed by atoms with Crippen LogP contribution in [0.1, 0.15) is 110 Å². The predicted molar refractivity (Wildman–Crippen MR) is 537 cm³/mol. The summed E-state index contributed by atoms with van der Waals surface area (Å²) in [4.78, 5) is 0. The summed E-state index contributed by atoms with van der Waals surface area (Å²) < 4.78 is 10.7. The minimum Gasteiger partial charge on any atom is -0.508 e. The SMILES string of the molecule is CCc1ccc(OCc2ccccc2)cc1.CCc1ccc2ccccc2c1.CCc1cccc2ccccc12.COc1ccccc1C.Cc1ccc(-c2ccccc2)cc1.Cc1ccc(C)cc1.Cc1ccc(O)cc1.Cc1ccc2ccccc2c1.Cc1cccc(C)c1.Cc1cccc2ccccc12.Cc1ccccc1.Cc1ccccc1C. The predicted octanol–water partition coefficient (Wildman–Crippen LogP) is 33.2. The Balaban J connectivity index is 0.000000186. The van der Waals surface area contributed by atoms with Crippen LogP contribution in [0.5, 0.6) is 17.2 Å². The van der Waals surface area contributed by atoms with Crippen molar-refractivity contribution in [3.8, 4) is 28.4 Å². The zero-order valence-electron chi connectivity index (χ0n) is 75.6. The largest absolute Gasteiger partial charge is 0.508 e. The molecule has 0 saturated heterocycles. The molecule has 3 heteroatoms. The van der Waals surface area contributed by atoms with Crippen molar-refractivity contribution in [2.24, 2.45) is 0 Å². The number of ether oxygens (including phenoxy) is 2. The van der Waals surface area contributed by atoms with Crippen molar-refractivity contribution in [1.29, 1.82) is 0 Å². The van der Waals surface area contributed by atoms with Gasteiger partial charge in [0, 0.05) is 0 Å². The van der Waals surface area contributed by atoms with Gasteiger partial charge in [0.2, 0.25) is 0 Å². The summed E-state index contributed by atoms with van der Waals surface area (Å²) in [6.45, 7) is 32.3. The Morgan fingerprint density at radius 2 is 0.569 bits per heavy atom. The molecule has 3 nitrogen and oxygen atoms in total. The summed E-state index contributed by atoms with van der Waals surface area (Å²) >= 11 is 0. The van der Waals surface area contributed by atoms with Crippen molar-refractivity contribution < 1.29 is 14.6 Å². The molecule has 123 heavy (non-hydrogen) atoms. The maximum absolute atomic E-state index is 8.76. The molecule has 0 saturated carbocycles. The van der Waals surface area contributed by atoms with Crippen LogP contribution in [0.4, 0.5) is 0 Å². The minimum absolute atomic E-state index is 0.329. The van der Waals surface area contributed by atoms with Gasteiger partial charge in [0.25, 0.3) is 0 Å². The minimum atomic E-state index is 0.329. The van der Waals surface area contributed by atoms with Gasteiger partial charge in [0.15, 0.2) is 0 Å². The van der Waals surface area contributed by atoms with Crippen LogP contribution in [0.25, 0.3) is 54.2 Å². The molecular weight excluding hydrogens is 1490 g/mol. The highest BCUT2D eigenvalue weighted by atomic mass is 16.5. The number of phenolic OH excluding ortho intramolecular Hbond substituents is 1. The molecule has 0 spiro atoms. The van der Waals surface area contributed by atoms with E-state index in [0.29, 0.717) is 12.4 Å². The first-order valence-electron chi connectivity index (χ1n) is 42.9. The van der Waals surface area contributed by atoms with E-state index in [1.54, 1.807) is 19.2 Å². The molecule has 0 aliphatic rings. The van der Waals surface area contributed by atoms with E-state index in [4.69, 9.17) is 14.6 Å². The van der Waals surface area contributed by atoms with Crippen LogP contribution in [0, 0.1) is 83.1 Å². The number of methoxy groups -OCH3 is 1. The third-order valence-electron chi connectivity index (χ3n) is 20.2. The second-order valence-corrected chi connectivity index (χ2v) is 30.5. The molecule has 0 unspecified atom stereocenters. The van der Waals surface area contributed by atoms with E-state index in [-0.39, 0.29) is 0 Å². The van der Waals surface area contributed by atoms with Gasteiger partial charge in [-0.25, -0.2) is 0 Å². The fraction of sp³-hybridized carbons (Fsp3) is 0.167. The van der Waals surface area contributed by atoms with E-state index < -0.39 is 0 Å². The molecule has 18 rings (SSSR count). The Labute approximate surface area is 737 Å². The van der Waals surface area contributed by atoms with E-state index in [1.165, 1.54) is 143 Å². The molecule has 626 valence electrons. The van der Waals surface area contributed by atoms with Gasteiger partial charge in [-0.2, -0.15) is 0 Å². The standard InChI is InChI=1S/C15H16O.C13H12.2C12H12.2C11H10.C8H10O.3C8H10.C7H8O.C7H8/c1-2-13-8-10-15(11-9-13)16-12-14-6-4-3-5-7-14;1-11-7-9-13(10-8-11)12-5-3-2-4-6-12;1-2-10-7-5-8-11-6-3-4-9-12(10)11;1-2-10-7-8-11-5-3-4-6-12(11)9-10;1-9-5-4-7-10-6-2-3-8-11(9)10;1-9-6-7-10-4-2-3-5-11(10)8-9;1-7-5-3-4-6-8(7)9-2;1-7-3-5-8(2)6-4-7;1-7-4-3-5-8(2)6-7;1-7-5-3-4-6-8(7)2;1-6-2-4-7(8)5-3-6;1-7-5-3-2-4-6-7/h3-11H,2,12H2,1H3;2-10H,1H3;2*3-9H,2H2,1H3;2*2-8H,1H3;3-6H,1-2H3;3*3-6H,1-2H3;2-5,8H,1H3;2-6H,1H3. The number of fused-ring (bicyclic) bond motifs is 4. The maximum atomic E-state index is 8.76. The summed E-state index contributed by atoms with van der Waals surface area (Å²) in [5.41, 5.74) is 23.7. The van der Waals surface area contributed by atoms with Gasteiger partial charge in [-0.1, -0.05) is 466 Å². The van der Waals surface area contributed by atoms with Gasteiger partial charge in [0.05, 0.1) is 7.11 Å². The normalized spacial score (nSPS) is 9.79. The van der Waals surface area contributed by atoms with Crippen molar-refractivity contribution >= 4 is 43.1 Å². The Bertz CT molecular complexity index is 5770. The molecule has 0 aliphatic carbocycles. The Kier molecular flexibility index (Phi) is 43.4. The summed E-state index contributed by atoms with van der Waals surface area (Å²) in [6, 6.07) is 148. The second kappa shape index (κ2) is 55.3. The van der Waals surface area contributed by atoms with E-state index in [0.717, 1.165) is 30.8 Å². The van der Waals surface area contributed by atoms with Crippen LogP contribution in [0.15, 0.2) is 431 Å². The zero-order chi connectivity index (χ0) is 88.2. The fourth-order valence-corrected chi connectivity index (χ4v) is 12.7. The summed E-state index contributed by atoms with van der Waals surface area (Å²) in [5.74, 6) is 2.22.